The van der Waals surface area contributed by atoms with Gasteiger partial charge in [0.2, 0.25) is 5.91 Å². The van der Waals surface area contributed by atoms with Crippen molar-refractivity contribution in [3.8, 4) is 0 Å². The van der Waals surface area contributed by atoms with Gasteiger partial charge in [-0.25, -0.2) is 4.79 Å². The van der Waals surface area contributed by atoms with Crippen LogP contribution in [0.2, 0.25) is 0 Å². The monoisotopic (exact) mass is 198 g/mol. The molecule has 0 spiro atoms. The van der Waals surface area contributed by atoms with Crippen LogP contribution in [0.15, 0.2) is 0 Å². The predicted octanol–water partition coefficient (Wildman–Crippen LogP) is 0.263. The van der Waals surface area contributed by atoms with Gasteiger partial charge in [-0.2, -0.15) is 0 Å². The number of hydrogen-bond donors (Lipinski definition) is 2. The Morgan fingerprint density at radius 2 is 2.43 bits per heavy atom. The average molecular weight is 198 g/mol. The highest BCUT2D eigenvalue weighted by Gasteiger charge is 2.49. The standard InChI is InChI=1S/C9H14N2O3/c1-2-5-7-6(10-8(5)12)3-4-11(7)9(13)14/h5-7H,2-4H2,1H3,(H,10,12)(H,13,14)/t5-,6+,7-/m1/s1. The van der Waals surface area contributed by atoms with Crippen LogP contribution in [-0.2, 0) is 4.79 Å². The molecule has 2 aliphatic rings. The molecule has 0 aliphatic carbocycles. The minimum atomic E-state index is -0.910. The van der Waals surface area contributed by atoms with Crippen LogP contribution in [0, 0.1) is 5.92 Å². The predicted molar refractivity (Wildman–Crippen MR) is 48.8 cm³/mol. The van der Waals surface area contributed by atoms with Gasteiger partial charge in [-0.05, 0) is 12.8 Å². The third kappa shape index (κ3) is 1.15. The Morgan fingerprint density at radius 1 is 1.71 bits per heavy atom. The van der Waals surface area contributed by atoms with Crippen LogP contribution in [-0.4, -0.2) is 40.6 Å². The molecule has 78 valence electrons. The molecule has 2 rings (SSSR count). The minimum absolute atomic E-state index is 0.00782. The van der Waals surface area contributed by atoms with Crippen LogP contribution in [0.4, 0.5) is 4.79 Å². The molecule has 5 heteroatoms. The number of fused-ring (bicyclic) bond motifs is 1. The van der Waals surface area contributed by atoms with E-state index in [0.29, 0.717) is 13.0 Å². The fourth-order valence-corrected chi connectivity index (χ4v) is 2.57. The van der Waals surface area contributed by atoms with Crippen molar-refractivity contribution in [3.05, 3.63) is 0 Å². The Kier molecular flexibility index (Phi) is 2.09. The van der Waals surface area contributed by atoms with Crippen LogP contribution in [0.3, 0.4) is 0 Å². The number of hydrogen-bond acceptors (Lipinski definition) is 2. The van der Waals surface area contributed by atoms with Crippen molar-refractivity contribution in [1.29, 1.82) is 0 Å². The zero-order chi connectivity index (χ0) is 10.3. The normalized spacial score (nSPS) is 35.6. The topological polar surface area (TPSA) is 69.6 Å². The molecule has 0 aromatic rings. The first kappa shape index (κ1) is 9.30. The van der Waals surface area contributed by atoms with Gasteiger partial charge in [0.05, 0.1) is 18.0 Å². The summed E-state index contributed by atoms with van der Waals surface area (Å²) in [6.07, 6.45) is 0.545. The maximum Gasteiger partial charge on any atom is 0.407 e. The maximum absolute atomic E-state index is 11.5. The van der Waals surface area contributed by atoms with Gasteiger partial charge in [0.1, 0.15) is 0 Å². The Hall–Kier alpha value is -1.26. The highest BCUT2D eigenvalue weighted by molar-refractivity contribution is 5.84. The van der Waals surface area contributed by atoms with E-state index in [1.807, 2.05) is 6.92 Å². The van der Waals surface area contributed by atoms with Crippen LogP contribution >= 0.6 is 0 Å². The van der Waals surface area contributed by atoms with E-state index < -0.39 is 6.09 Å². The minimum Gasteiger partial charge on any atom is -0.465 e. The molecule has 14 heavy (non-hydrogen) atoms. The van der Waals surface area contributed by atoms with Gasteiger partial charge in [0.15, 0.2) is 0 Å². The summed E-state index contributed by atoms with van der Waals surface area (Å²) in [4.78, 5) is 23.8. The number of rotatable bonds is 1. The number of nitrogens with one attached hydrogen (secondary N) is 1. The van der Waals surface area contributed by atoms with E-state index >= 15 is 0 Å². The summed E-state index contributed by atoms with van der Waals surface area (Å²) < 4.78 is 0. The van der Waals surface area contributed by atoms with Crippen molar-refractivity contribution >= 4 is 12.0 Å². The fraction of sp³-hybridized carbons (Fsp3) is 0.778. The lowest BCUT2D eigenvalue weighted by Gasteiger charge is -2.23. The molecule has 2 saturated heterocycles. The molecule has 2 fully saturated rings. The van der Waals surface area contributed by atoms with Gasteiger partial charge in [0.25, 0.3) is 0 Å². The number of carbonyl (C=O) groups excluding carboxylic acids is 1. The molecule has 0 aromatic carbocycles. The van der Waals surface area contributed by atoms with Crippen molar-refractivity contribution in [2.45, 2.75) is 31.8 Å². The first-order valence-electron chi connectivity index (χ1n) is 4.95. The smallest absolute Gasteiger partial charge is 0.407 e. The molecule has 2 amide bonds. The molecule has 0 bridgehead atoms. The van der Waals surface area contributed by atoms with Gasteiger partial charge in [-0.15, -0.1) is 0 Å². The van der Waals surface area contributed by atoms with Crippen LogP contribution in [0.5, 0.6) is 0 Å². The van der Waals surface area contributed by atoms with E-state index in [2.05, 4.69) is 5.32 Å². The SMILES string of the molecule is CC[C@H]1C(=O)N[C@H]2CCN(C(=O)O)[C@@H]21. The molecule has 3 atom stereocenters. The van der Waals surface area contributed by atoms with E-state index in [9.17, 15) is 9.59 Å². The number of carbonyl (C=O) groups is 2. The summed E-state index contributed by atoms with van der Waals surface area (Å²) in [5.74, 6) is -0.146. The van der Waals surface area contributed by atoms with Crippen molar-refractivity contribution in [2.24, 2.45) is 5.92 Å². The van der Waals surface area contributed by atoms with Gasteiger partial charge < -0.3 is 15.3 Å². The van der Waals surface area contributed by atoms with E-state index in [0.717, 1.165) is 6.42 Å². The lowest BCUT2D eigenvalue weighted by molar-refractivity contribution is -0.123. The van der Waals surface area contributed by atoms with E-state index in [1.165, 1.54) is 4.90 Å². The van der Waals surface area contributed by atoms with Gasteiger partial charge in [0, 0.05) is 6.54 Å². The summed E-state index contributed by atoms with van der Waals surface area (Å²) in [7, 11) is 0. The largest absolute Gasteiger partial charge is 0.465 e. The first-order chi connectivity index (χ1) is 6.65. The molecular weight excluding hydrogens is 184 g/mol. The van der Waals surface area contributed by atoms with Gasteiger partial charge in [-0.1, -0.05) is 6.92 Å². The molecule has 0 radical (unpaired) electrons. The third-order valence-corrected chi connectivity index (χ3v) is 3.22. The maximum atomic E-state index is 11.5. The number of amides is 2. The number of nitrogens with zero attached hydrogens (tertiary/aromatic N) is 1. The molecule has 2 heterocycles. The second-order valence-corrected chi connectivity index (χ2v) is 3.89. The van der Waals surface area contributed by atoms with Gasteiger partial charge in [-0.3, -0.25) is 4.79 Å². The highest BCUT2D eigenvalue weighted by atomic mass is 16.4. The summed E-state index contributed by atoms with van der Waals surface area (Å²) >= 11 is 0. The zero-order valence-corrected chi connectivity index (χ0v) is 8.06. The molecule has 0 unspecified atom stereocenters. The molecule has 0 aromatic heterocycles. The van der Waals surface area contributed by atoms with E-state index in [4.69, 9.17) is 5.11 Å². The van der Waals surface area contributed by atoms with E-state index in [-0.39, 0.29) is 23.9 Å². The van der Waals surface area contributed by atoms with Crippen molar-refractivity contribution < 1.29 is 14.7 Å². The molecule has 2 N–H and O–H groups in total. The third-order valence-electron chi connectivity index (χ3n) is 3.22. The lowest BCUT2D eigenvalue weighted by atomic mass is 9.96. The van der Waals surface area contributed by atoms with Gasteiger partial charge >= 0.3 is 6.09 Å². The number of likely N-dealkylation sites (tertiary alicyclic amines) is 1. The molecule has 5 nitrogen and oxygen atoms in total. The van der Waals surface area contributed by atoms with Crippen LogP contribution in [0.1, 0.15) is 19.8 Å². The highest BCUT2D eigenvalue weighted by Crippen LogP contribution is 2.31. The van der Waals surface area contributed by atoms with Crippen molar-refractivity contribution in [2.75, 3.05) is 6.54 Å². The number of carboxylic acid groups (broad SMARTS) is 1. The quantitative estimate of drug-likeness (QED) is 0.635. The first-order valence-corrected chi connectivity index (χ1v) is 4.95. The molecular formula is C9H14N2O3. The lowest BCUT2D eigenvalue weighted by Crippen LogP contribution is -2.41. The second-order valence-electron chi connectivity index (χ2n) is 3.89. The fourth-order valence-electron chi connectivity index (χ4n) is 2.57. The summed E-state index contributed by atoms with van der Waals surface area (Å²) in [6.45, 7) is 2.46. The average Bonchev–Trinajstić information content (AvgIpc) is 2.61. The van der Waals surface area contributed by atoms with Crippen molar-refractivity contribution in [3.63, 3.8) is 0 Å². The Balaban J connectivity index is 2.21. The summed E-state index contributed by atoms with van der Waals surface area (Å²) in [5, 5.41) is 11.8. The Labute approximate surface area is 82.1 Å². The summed E-state index contributed by atoms with van der Waals surface area (Å²) in [5.41, 5.74) is 0. The van der Waals surface area contributed by atoms with Crippen molar-refractivity contribution in [1.82, 2.24) is 10.2 Å². The van der Waals surface area contributed by atoms with E-state index in [1.54, 1.807) is 0 Å². The molecule has 0 saturated carbocycles. The summed E-state index contributed by atoms with van der Waals surface area (Å²) in [6, 6.07) is -0.0893. The Bertz CT molecular complexity index is 277. The zero-order valence-electron chi connectivity index (χ0n) is 8.06. The van der Waals surface area contributed by atoms with Crippen LogP contribution < -0.4 is 5.32 Å². The second kappa shape index (κ2) is 3.15. The Morgan fingerprint density at radius 3 is 3.00 bits per heavy atom. The van der Waals surface area contributed by atoms with Crippen LogP contribution in [0.25, 0.3) is 0 Å². The molecule has 2 aliphatic heterocycles.